The summed E-state index contributed by atoms with van der Waals surface area (Å²) in [4.78, 5) is 0. The molecule has 84 valence electrons. The molecule has 0 unspecified atom stereocenters. The number of ether oxygens (including phenoxy) is 1. The standard InChI is InChI=1S/C12H19NO2/c1-14-9-12-5-4-11(15-12)8-13-7-6-10-2-3-10/h4-5,10,13H,2-3,6-9H2,1H3. The predicted molar refractivity (Wildman–Crippen MR) is 58.5 cm³/mol. The molecule has 0 amide bonds. The van der Waals surface area contributed by atoms with Crippen molar-refractivity contribution in [2.75, 3.05) is 13.7 Å². The first kappa shape index (κ1) is 10.7. The number of methoxy groups -OCH3 is 1. The molecule has 3 nitrogen and oxygen atoms in total. The van der Waals surface area contributed by atoms with Gasteiger partial charge in [0.1, 0.15) is 18.1 Å². The van der Waals surface area contributed by atoms with Crippen LogP contribution in [-0.2, 0) is 17.9 Å². The van der Waals surface area contributed by atoms with Gasteiger partial charge in [-0.15, -0.1) is 0 Å². The van der Waals surface area contributed by atoms with Gasteiger partial charge in [0.25, 0.3) is 0 Å². The molecule has 1 fully saturated rings. The highest BCUT2D eigenvalue weighted by Crippen LogP contribution is 2.31. The van der Waals surface area contributed by atoms with Crippen LogP contribution >= 0.6 is 0 Å². The van der Waals surface area contributed by atoms with Gasteiger partial charge in [-0.2, -0.15) is 0 Å². The van der Waals surface area contributed by atoms with E-state index in [1.165, 1.54) is 19.3 Å². The molecule has 3 heteroatoms. The molecule has 0 saturated heterocycles. The first-order valence-corrected chi connectivity index (χ1v) is 5.65. The van der Waals surface area contributed by atoms with Crippen molar-refractivity contribution in [2.45, 2.75) is 32.4 Å². The highest BCUT2D eigenvalue weighted by Gasteiger charge is 2.19. The van der Waals surface area contributed by atoms with Gasteiger partial charge in [0, 0.05) is 7.11 Å². The zero-order chi connectivity index (χ0) is 10.5. The van der Waals surface area contributed by atoms with Gasteiger partial charge in [-0.3, -0.25) is 0 Å². The van der Waals surface area contributed by atoms with Gasteiger partial charge in [0.2, 0.25) is 0 Å². The van der Waals surface area contributed by atoms with Crippen molar-refractivity contribution in [3.8, 4) is 0 Å². The Morgan fingerprint density at radius 1 is 1.40 bits per heavy atom. The Balaban J connectivity index is 1.63. The van der Waals surface area contributed by atoms with E-state index in [1.54, 1.807) is 7.11 Å². The van der Waals surface area contributed by atoms with Crippen molar-refractivity contribution >= 4 is 0 Å². The average Bonchev–Trinajstić information content (AvgIpc) is 2.95. The molecule has 1 aromatic heterocycles. The van der Waals surface area contributed by atoms with Crippen LogP contribution in [0.2, 0.25) is 0 Å². The van der Waals surface area contributed by atoms with Gasteiger partial charge < -0.3 is 14.5 Å². The minimum atomic E-state index is 0.558. The lowest BCUT2D eigenvalue weighted by atomic mass is 10.3. The van der Waals surface area contributed by atoms with Crippen LogP contribution in [0, 0.1) is 5.92 Å². The van der Waals surface area contributed by atoms with E-state index in [0.29, 0.717) is 6.61 Å². The second-order valence-corrected chi connectivity index (χ2v) is 4.21. The van der Waals surface area contributed by atoms with Crippen LogP contribution in [0.1, 0.15) is 30.8 Å². The molecule has 1 N–H and O–H groups in total. The van der Waals surface area contributed by atoms with E-state index >= 15 is 0 Å². The second kappa shape index (κ2) is 5.33. The molecule has 0 spiro atoms. The average molecular weight is 209 g/mol. The topological polar surface area (TPSA) is 34.4 Å². The van der Waals surface area contributed by atoms with Crippen molar-refractivity contribution in [3.05, 3.63) is 23.7 Å². The molecule has 1 heterocycles. The molecule has 1 aromatic rings. The van der Waals surface area contributed by atoms with Gasteiger partial charge >= 0.3 is 0 Å². The molecule has 15 heavy (non-hydrogen) atoms. The summed E-state index contributed by atoms with van der Waals surface area (Å²) < 4.78 is 10.6. The monoisotopic (exact) mass is 209 g/mol. The summed E-state index contributed by atoms with van der Waals surface area (Å²) in [5, 5.41) is 3.39. The van der Waals surface area contributed by atoms with Crippen LogP contribution < -0.4 is 5.32 Å². The van der Waals surface area contributed by atoms with E-state index < -0.39 is 0 Å². The largest absolute Gasteiger partial charge is 0.462 e. The van der Waals surface area contributed by atoms with Crippen LogP contribution in [-0.4, -0.2) is 13.7 Å². The van der Waals surface area contributed by atoms with E-state index in [2.05, 4.69) is 5.32 Å². The third-order valence-corrected chi connectivity index (χ3v) is 2.73. The minimum Gasteiger partial charge on any atom is -0.462 e. The molecular formula is C12H19NO2. The normalized spacial score (nSPS) is 15.8. The minimum absolute atomic E-state index is 0.558. The summed E-state index contributed by atoms with van der Waals surface area (Å²) in [6, 6.07) is 3.99. The Morgan fingerprint density at radius 3 is 2.93 bits per heavy atom. The second-order valence-electron chi connectivity index (χ2n) is 4.21. The molecule has 0 aromatic carbocycles. The fourth-order valence-electron chi connectivity index (χ4n) is 1.66. The van der Waals surface area contributed by atoms with Crippen LogP contribution in [0.4, 0.5) is 0 Å². The Hall–Kier alpha value is -0.800. The maximum absolute atomic E-state index is 5.56. The van der Waals surface area contributed by atoms with Crippen molar-refractivity contribution < 1.29 is 9.15 Å². The fourth-order valence-corrected chi connectivity index (χ4v) is 1.66. The molecule has 1 saturated carbocycles. The van der Waals surface area contributed by atoms with E-state index in [1.807, 2.05) is 12.1 Å². The third-order valence-electron chi connectivity index (χ3n) is 2.73. The quantitative estimate of drug-likeness (QED) is 0.700. The summed E-state index contributed by atoms with van der Waals surface area (Å²) in [5.74, 6) is 2.90. The van der Waals surface area contributed by atoms with Crippen molar-refractivity contribution in [3.63, 3.8) is 0 Å². The third kappa shape index (κ3) is 3.68. The van der Waals surface area contributed by atoms with Crippen molar-refractivity contribution in [2.24, 2.45) is 5.92 Å². The van der Waals surface area contributed by atoms with E-state index in [-0.39, 0.29) is 0 Å². The van der Waals surface area contributed by atoms with Gasteiger partial charge in [-0.1, -0.05) is 12.8 Å². The molecule has 2 rings (SSSR count). The molecule has 0 aliphatic heterocycles. The number of nitrogens with one attached hydrogen (secondary N) is 1. The molecule has 0 bridgehead atoms. The van der Waals surface area contributed by atoms with E-state index in [4.69, 9.17) is 9.15 Å². The SMILES string of the molecule is COCc1ccc(CNCCC2CC2)o1. The highest BCUT2D eigenvalue weighted by molar-refractivity contribution is 5.06. The van der Waals surface area contributed by atoms with E-state index in [0.717, 1.165) is 30.5 Å². The summed E-state index contributed by atoms with van der Waals surface area (Å²) >= 11 is 0. The lowest BCUT2D eigenvalue weighted by Crippen LogP contribution is -2.14. The van der Waals surface area contributed by atoms with Crippen LogP contribution in [0.25, 0.3) is 0 Å². The summed E-state index contributed by atoms with van der Waals surface area (Å²) in [6.45, 7) is 2.49. The van der Waals surface area contributed by atoms with Gasteiger partial charge in [-0.25, -0.2) is 0 Å². The lowest BCUT2D eigenvalue weighted by Gasteiger charge is -2.01. The van der Waals surface area contributed by atoms with Gasteiger partial charge in [0.15, 0.2) is 0 Å². The van der Waals surface area contributed by atoms with Crippen molar-refractivity contribution in [1.82, 2.24) is 5.32 Å². The molecule has 0 atom stereocenters. The molecule has 0 radical (unpaired) electrons. The summed E-state index contributed by atoms with van der Waals surface area (Å²) in [5.41, 5.74) is 0. The Labute approximate surface area is 90.8 Å². The maximum atomic E-state index is 5.56. The van der Waals surface area contributed by atoms with Gasteiger partial charge in [0.05, 0.1) is 6.54 Å². The van der Waals surface area contributed by atoms with Crippen LogP contribution in [0.3, 0.4) is 0 Å². The molecule has 1 aliphatic carbocycles. The zero-order valence-corrected chi connectivity index (χ0v) is 9.29. The number of rotatable bonds is 7. The van der Waals surface area contributed by atoms with Gasteiger partial charge in [-0.05, 0) is 31.0 Å². The molecule has 1 aliphatic rings. The Bertz CT molecular complexity index is 292. The predicted octanol–water partition coefficient (Wildman–Crippen LogP) is 2.32. The smallest absolute Gasteiger partial charge is 0.129 e. The fraction of sp³-hybridized carbons (Fsp3) is 0.667. The highest BCUT2D eigenvalue weighted by atomic mass is 16.5. The first-order chi connectivity index (χ1) is 7.38. The summed E-state index contributed by atoms with van der Waals surface area (Å²) in [7, 11) is 1.68. The molecular weight excluding hydrogens is 190 g/mol. The number of hydrogen-bond donors (Lipinski definition) is 1. The zero-order valence-electron chi connectivity index (χ0n) is 9.29. The van der Waals surface area contributed by atoms with Crippen LogP contribution in [0.5, 0.6) is 0 Å². The first-order valence-electron chi connectivity index (χ1n) is 5.65. The summed E-state index contributed by atoms with van der Waals surface area (Å²) in [6.07, 6.45) is 4.17. The number of furan rings is 1. The lowest BCUT2D eigenvalue weighted by molar-refractivity contribution is 0.162. The van der Waals surface area contributed by atoms with E-state index in [9.17, 15) is 0 Å². The number of hydrogen-bond acceptors (Lipinski definition) is 3. The Morgan fingerprint density at radius 2 is 2.20 bits per heavy atom. The van der Waals surface area contributed by atoms with Crippen molar-refractivity contribution in [1.29, 1.82) is 0 Å². The Kier molecular flexibility index (Phi) is 3.80. The van der Waals surface area contributed by atoms with Crippen LogP contribution in [0.15, 0.2) is 16.5 Å². The maximum Gasteiger partial charge on any atom is 0.129 e.